The summed E-state index contributed by atoms with van der Waals surface area (Å²) in [6.45, 7) is 6.29. The molecule has 2 aromatic rings. The summed E-state index contributed by atoms with van der Waals surface area (Å²) in [6, 6.07) is 11.0. The highest BCUT2D eigenvalue weighted by atomic mass is 16.6. The van der Waals surface area contributed by atoms with E-state index in [-0.39, 0.29) is 17.4 Å². The lowest BCUT2D eigenvalue weighted by molar-refractivity contribution is -0.122. The zero-order valence-corrected chi connectivity index (χ0v) is 20.4. The van der Waals surface area contributed by atoms with Gasteiger partial charge in [0.25, 0.3) is 5.56 Å². The van der Waals surface area contributed by atoms with Crippen molar-refractivity contribution < 1.29 is 14.3 Å². The van der Waals surface area contributed by atoms with Crippen LogP contribution in [0.15, 0.2) is 47.4 Å². The third-order valence-corrected chi connectivity index (χ3v) is 6.62. The Morgan fingerprint density at radius 1 is 1.09 bits per heavy atom. The van der Waals surface area contributed by atoms with Crippen molar-refractivity contribution in [3.8, 4) is 0 Å². The van der Waals surface area contributed by atoms with Crippen molar-refractivity contribution in [3.05, 3.63) is 64.1 Å². The van der Waals surface area contributed by atoms with Gasteiger partial charge in [0.15, 0.2) is 0 Å². The van der Waals surface area contributed by atoms with E-state index in [9.17, 15) is 14.4 Å². The maximum absolute atomic E-state index is 13.8. The van der Waals surface area contributed by atoms with Crippen LogP contribution >= 0.6 is 0 Å². The minimum absolute atomic E-state index is 0.0353. The Hall–Kier alpha value is -3.09. The number of fused-ring (bicyclic) bond motifs is 1. The number of nitrogens with zero attached hydrogens (tertiary/aromatic N) is 2. The van der Waals surface area contributed by atoms with Gasteiger partial charge in [-0.2, -0.15) is 0 Å². The quantitative estimate of drug-likeness (QED) is 0.716. The number of anilines is 1. The van der Waals surface area contributed by atoms with Crippen LogP contribution < -0.4 is 15.8 Å². The normalized spacial score (nSPS) is 17.2. The molecule has 2 heterocycles. The van der Waals surface area contributed by atoms with Crippen molar-refractivity contribution in [2.45, 2.75) is 77.5 Å². The van der Waals surface area contributed by atoms with Crippen molar-refractivity contribution in [1.82, 2.24) is 9.88 Å². The van der Waals surface area contributed by atoms with E-state index in [1.165, 1.54) is 0 Å². The summed E-state index contributed by atoms with van der Waals surface area (Å²) in [5.41, 5.74) is 1.51. The van der Waals surface area contributed by atoms with E-state index in [1.807, 2.05) is 36.4 Å². The number of alkyl carbamates (subject to hydrolysis) is 1. The van der Waals surface area contributed by atoms with E-state index < -0.39 is 17.7 Å². The van der Waals surface area contributed by atoms with Crippen LogP contribution in [0.4, 0.5) is 10.5 Å². The van der Waals surface area contributed by atoms with E-state index in [1.54, 1.807) is 36.4 Å². The fourth-order valence-corrected chi connectivity index (χ4v) is 5.01. The standard InChI is InChI=1S/C27H35N3O4/c1-27(2,3)34-26(33)28-22(20-12-8-5-9-13-20)24(31)30-17-15-21-14-16-29(25(32)23(21)30)18-19-10-6-4-7-11-19/h4,6-7,10-11,14,16,20,22H,5,8-9,12-13,15,17-18H2,1-3H3,(H,28,33)/t22-/m0/s1. The van der Waals surface area contributed by atoms with E-state index >= 15 is 0 Å². The van der Waals surface area contributed by atoms with Crippen LogP contribution in [0, 0.1) is 5.92 Å². The van der Waals surface area contributed by atoms with Crippen molar-refractivity contribution in [2.24, 2.45) is 5.92 Å². The molecule has 1 aliphatic heterocycles. The number of hydrogen-bond acceptors (Lipinski definition) is 4. The lowest BCUT2D eigenvalue weighted by Crippen LogP contribution is -2.54. The maximum Gasteiger partial charge on any atom is 0.408 e. The Kier molecular flexibility index (Phi) is 7.10. The van der Waals surface area contributed by atoms with Gasteiger partial charge in [-0.15, -0.1) is 0 Å². The highest BCUT2D eigenvalue weighted by Gasteiger charge is 2.38. The Morgan fingerprint density at radius 3 is 2.47 bits per heavy atom. The van der Waals surface area contributed by atoms with Crippen LogP contribution in [0.1, 0.15) is 64.0 Å². The first-order chi connectivity index (χ1) is 16.2. The number of hydrogen-bond donors (Lipinski definition) is 1. The molecular formula is C27H35N3O4. The van der Waals surface area contributed by atoms with Gasteiger partial charge in [-0.1, -0.05) is 49.6 Å². The lowest BCUT2D eigenvalue weighted by atomic mass is 9.83. The molecule has 1 saturated carbocycles. The van der Waals surface area contributed by atoms with Crippen LogP contribution in [0.2, 0.25) is 0 Å². The molecule has 0 saturated heterocycles. The van der Waals surface area contributed by atoms with E-state index in [0.29, 0.717) is 25.2 Å². The smallest absolute Gasteiger partial charge is 0.408 e. The Balaban J connectivity index is 1.61. The van der Waals surface area contributed by atoms with Crippen LogP contribution in [0.5, 0.6) is 0 Å². The first-order valence-electron chi connectivity index (χ1n) is 12.3. The molecule has 2 amide bonds. The van der Waals surface area contributed by atoms with Gasteiger partial charge >= 0.3 is 6.09 Å². The second-order valence-electron chi connectivity index (χ2n) is 10.4. The highest BCUT2D eigenvalue weighted by molar-refractivity contribution is 6.00. The number of ether oxygens (including phenoxy) is 1. The molecule has 1 fully saturated rings. The summed E-state index contributed by atoms with van der Waals surface area (Å²) in [5, 5.41) is 2.86. The van der Waals surface area contributed by atoms with Crippen molar-refractivity contribution in [2.75, 3.05) is 11.4 Å². The van der Waals surface area contributed by atoms with E-state index in [4.69, 9.17) is 4.74 Å². The molecule has 1 N–H and O–H groups in total. The van der Waals surface area contributed by atoms with Crippen molar-refractivity contribution >= 4 is 17.7 Å². The fourth-order valence-electron chi connectivity index (χ4n) is 5.01. The molecule has 0 spiro atoms. The number of aromatic nitrogens is 1. The lowest BCUT2D eigenvalue weighted by Gasteiger charge is -2.33. The van der Waals surface area contributed by atoms with Crippen LogP contribution in [-0.2, 0) is 22.5 Å². The minimum atomic E-state index is -0.705. The number of carbonyl (C=O) groups is 2. The molecule has 1 aliphatic carbocycles. The molecule has 0 unspecified atom stereocenters. The first kappa shape index (κ1) is 24.0. The molecule has 1 aromatic carbocycles. The second kappa shape index (κ2) is 10.0. The van der Waals surface area contributed by atoms with Crippen molar-refractivity contribution in [3.63, 3.8) is 0 Å². The molecule has 34 heavy (non-hydrogen) atoms. The number of benzene rings is 1. The van der Waals surface area contributed by atoms with E-state index in [2.05, 4.69) is 5.32 Å². The first-order valence-corrected chi connectivity index (χ1v) is 12.3. The Labute approximate surface area is 201 Å². The van der Waals surface area contributed by atoms with Crippen LogP contribution in [-0.4, -0.2) is 34.8 Å². The van der Waals surface area contributed by atoms with Gasteiger partial charge in [-0.05, 0) is 63.1 Å². The predicted octanol–water partition coefficient (Wildman–Crippen LogP) is 4.26. The molecule has 4 rings (SSSR count). The molecule has 0 radical (unpaired) electrons. The Bertz CT molecular complexity index is 1080. The molecule has 1 atom stereocenters. The largest absolute Gasteiger partial charge is 0.444 e. The molecule has 2 aliphatic rings. The summed E-state index contributed by atoms with van der Waals surface area (Å²) in [7, 11) is 0. The summed E-state index contributed by atoms with van der Waals surface area (Å²) in [5.74, 6) is -0.181. The highest BCUT2D eigenvalue weighted by Crippen LogP contribution is 2.31. The predicted molar refractivity (Wildman–Crippen MR) is 132 cm³/mol. The zero-order valence-electron chi connectivity index (χ0n) is 20.4. The number of carbonyl (C=O) groups excluding carboxylic acids is 2. The molecule has 1 aromatic heterocycles. The van der Waals surface area contributed by atoms with Crippen LogP contribution in [0.25, 0.3) is 0 Å². The van der Waals surface area contributed by atoms with Gasteiger partial charge < -0.3 is 19.5 Å². The summed E-state index contributed by atoms with van der Waals surface area (Å²) in [6.07, 6.45) is 6.80. The maximum atomic E-state index is 13.8. The minimum Gasteiger partial charge on any atom is -0.444 e. The van der Waals surface area contributed by atoms with Gasteiger partial charge in [0.05, 0.1) is 6.54 Å². The van der Waals surface area contributed by atoms with Gasteiger partial charge in [0.1, 0.15) is 17.3 Å². The topological polar surface area (TPSA) is 80.6 Å². The number of pyridine rings is 1. The molecule has 7 heteroatoms. The number of rotatable bonds is 5. The SMILES string of the molecule is CC(C)(C)OC(=O)N[C@H](C(=O)N1CCc2ccn(Cc3ccccc3)c(=O)c21)C1CCCCC1. The summed E-state index contributed by atoms with van der Waals surface area (Å²) in [4.78, 5) is 41.5. The van der Waals surface area contributed by atoms with Gasteiger partial charge in [0, 0.05) is 12.7 Å². The second-order valence-corrected chi connectivity index (χ2v) is 10.4. The fraction of sp³-hybridized carbons (Fsp3) is 0.519. The van der Waals surface area contributed by atoms with Gasteiger partial charge in [-0.3, -0.25) is 9.59 Å². The summed E-state index contributed by atoms with van der Waals surface area (Å²) < 4.78 is 7.11. The van der Waals surface area contributed by atoms with E-state index in [0.717, 1.165) is 43.2 Å². The van der Waals surface area contributed by atoms with Crippen LogP contribution in [0.3, 0.4) is 0 Å². The Morgan fingerprint density at radius 2 is 1.79 bits per heavy atom. The third-order valence-electron chi connectivity index (χ3n) is 6.62. The molecule has 182 valence electrons. The summed E-state index contributed by atoms with van der Waals surface area (Å²) >= 11 is 0. The number of nitrogens with one attached hydrogen (secondary N) is 1. The molecular weight excluding hydrogens is 430 g/mol. The molecule has 7 nitrogen and oxygen atoms in total. The van der Waals surface area contributed by atoms with Crippen molar-refractivity contribution in [1.29, 1.82) is 0 Å². The monoisotopic (exact) mass is 465 g/mol. The van der Waals surface area contributed by atoms with Gasteiger partial charge in [0.2, 0.25) is 5.91 Å². The average molecular weight is 466 g/mol. The number of amides is 2. The molecule has 0 bridgehead atoms. The third kappa shape index (κ3) is 5.51. The zero-order chi connectivity index (χ0) is 24.3. The average Bonchev–Trinajstić information content (AvgIpc) is 3.24. The van der Waals surface area contributed by atoms with Gasteiger partial charge in [-0.25, -0.2) is 4.79 Å².